The average Bonchev–Trinajstić information content (AvgIpc) is 2.50. The minimum Gasteiger partial charge on any atom is -0.382 e. The highest BCUT2D eigenvalue weighted by Gasteiger charge is 2.06. The number of amides is 1. The lowest BCUT2D eigenvalue weighted by Gasteiger charge is -2.06. The lowest BCUT2D eigenvalue weighted by Crippen LogP contribution is -2.25. The van der Waals surface area contributed by atoms with Crippen LogP contribution in [-0.2, 0) is 9.47 Å². The molecule has 0 spiro atoms. The zero-order valence-corrected chi connectivity index (χ0v) is 12.0. The first-order valence-corrected chi connectivity index (χ1v) is 6.62. The zero-order chi connectivity index (χ0) is 14.6. The van der Waals surface area contributed by atoms with Crippen LogP contribution < -0.4 is 10.6 Å². The van der Waals surface area contributed by atoms with E-state index < -0.39 is 0 Å². The number of hydrogen-bond acceptors (Lipinski definition) is 6. The lowest BCUT2D eigenvalue weighted by atomic mass is 10.3. The molecule has 1 heterocycles. The molecular weight excluding hydrogens is 260 g/mol. The summed E-state index contributed by atoms with van der Waals surface area (Å²) in [6.07, 6.45) is 4.74. The second-order valence-corrected chi connectivity index (χ2v) is 4.11. The molecule has 1 aromatic heterocycles. The first-order valence-electron chi connectivity index (χ1n) is 6.62. The fourth-order valence-electron chi connectivity index (χ4n) is 1.44. The predicted molar refractivity (Wildman–Crippen MR) is 75.8 cm³/mol. The van der Waals surface area contributed by atoms with Crippen molar-refractivity contribution in [1.82, 2.24) is 15.3 Å². The smallest absolute Gasteiger partial charge is 0.271 e. The van der Waals surface area contributed by atoms with Crippen molar-refractivity contribution in [3.05, 3.63) is 18.1 Å². The monoisotopic (exact) mass is 282 g/mol. The fraction of sp³-hybridized carbons (Fsp3) is 0.615. The van der Waals surface area contributed by atoms with Crippen LogP contribution in [0.5, 0.6) is 0 Å². The predicted octanol–water partition coefficient (Wildman–Crippen LogP) is 0.691. The highest BCUT2D eigenvalue weighted by Crippen LogP contribution is 1.99. The largest absolute Gasteiger partial charge is 0.382 e. The molecule has 0 radical (unpaired) electrons. The third-order valence-corrected chi connectivity index (χ3v) is 2.57. The molecular formula is C13H22N4O3. The van der Waals surface area contributed by atoms with Crippen molar-refractivity contribution in [2.24, 2.45) is 0 Å². The zero-order valence-electron chi connectivity index (χ0n) is 12.0. The van der Waals surface area contributed by atoms with Crippen molar-refractivity contribution >= 4 is 11.7 Å². The molecule has 0 aliphatic rings. The first kappa shape index (κ1) is 16.3. The Labute approximate surface area is 119 Å². The van der Waals surface area contributed by atoms with Gasteiger partial charge in [0.1, 0.15) is 11.5 Å². The van der Waals surface area contributed by atoms with E-state index in [-0.39, 0.29) is 5.91 Å². The Morgan fingerprint density at radius 2 is 2.05 bits per heavy atom. The van der Waals surface area contributed by atoms with Crippen LogP contribution in [0.15, 0.2) is 12.4 Å². The van der Waals surface area contributed by atoms with Gasteiger partial charge in [-0.15, -0.1) is 0 Å². The molecule has 0 saturated heterocycles. The Balaban J connectivity index is 2.10. The molecule has 0 aliphatic carbocycles. The standard InChI is InChI=1S/C13H22N4O3/c1-14-12-10-16-11(9-17-12)13(18)15-5-3-4-6-20-8-7-19-2/h9-10H,3-8H2,1-2H3,(H,14,17)(H,15,18). The summed E-state index contributed by atoms with van der Waals surface area (Å²) >= 11 is 0. The molecule has 1 amide bonds. The number of aromatic nitrogens is 2. The second-order valence-electron chi connectivity index (χ2n) is 4.11. The molecule has 0 bridgehead atoms. The van der Waals surface area contributed by atoms with Gasteiger partial charge in [-0.05, 0) is 12.8 Å². The van der Waals surface area contributed by atoms with E-state index in [0.717, 1.165) is 12.8 Å². The Bertz CT molecular complexity index is 384. The molecule has 20 heavy (non-hydrogen) atoms. The maximum Gasteiger partial charge on any atom is 0.271 e. The maximum absolute atomic E-state index is 11.7. The van der Waals surface area contributed by atoms with Gasteiger partial charge in [0.15, 0.2) is 0 Å². The Kier molecular flexibility index (Phi) is 8.25. The molecule has 112 valence electrons. The van der Waals surface area contributed by atoms with E-state index in [0.29, 0.717) is 37.9 Å². The van der Waals surface area contributed by atoms with Gasteiger partial charge in [0.2, 0.25) is 0 Å². The van der Waals surface area contributed by atoms with Gasteiger partial charge >= 0.3 is 0 Å². The van der Waals surface area contributed by atoms with Crippen LogP contribution in [0.25, 0.3) is 0 Å². The van der Waals surface area contributed by atoms with Gasteiger partial charge in [0.25, 0.3) is 5.91 Å². The molecule has 1 aromatic rings. The molecule has 1 rings (SSSR count). The molecule has 7 heteroatoms. The molecule has 0 aliphatic heterocycles. The van der Waals surface area contributed by atoms with Gasteiger partial charge < -0.3 is 20.1 Å². The Morgan fingerprint density at radius 3 is 2.70 bits per heavy atom. The van der Waals surface area contributed by atoms with Crippen molar-refractivity contribution in [1.29, 1.82) is 0 Å². The highest BCUT2D eigenvalue weighted by atomic mass is 16.5. The van der Waals surface area contributed by atoms with Gasteiger partial charge in [-0.2, -0.15) is 0 Å². The lowest BCUT2D eigenvalue weighted by molar-refractivity contribution is 0.0686. The number of methoxy groups -OCH3 is 1. The number of nitrogens with one attached hydrogen (secondary N) is 2. The quantitative estimate of drug-likeness (QED) is 0.614. The summed E-state index contributed by atoms with van der Waals surface area (Å²) in [5.41, 5.74) is 0.320. The number of carbonyl (C=O) groups excluding carboxylic acids is 1. The fourth-order valence-corrected chi connectivity index (χ4v) is 1.44. The molecule has 0 fully saturated rings. The summed E-state index contributed by atoms with van der Waals surface area (Å²) < 4.78 is 10.2. The topological polar surface area (TPSA) is 85.4 Å². The van der Waals surface area contributed by atoms with Crippen LogP contribution in [0, 0.1) is 0 Å². The minimum atomic E-state index is -0.208. The number of carbonyl (C=O) groups is 1. The molecule has 7 nitrogen and oxygen atoms in total. The Hall–Kier alpha value is -1.73. The molecule has 0 aromatic carbocycles. The Morgan fingerprint density at radius 1 is 1.20 bits per heavy atom. The molecule has 2 N–H and O–H groups in total. The first-order chi connectivity index (χ1) is 9.77. The van der Waals surface area contributed by atoms with Gasteiger partial charge in [-0.3, -0.25) is 4.79 Å². The van der Waals surface area contributed by atoms with Crippen LogP contribution in [0.3, 0.4) is 0 Å². The van der Waals surface area contributed by atoms with Crippen molar-refractivity contribution in [3.8, 4) is 0 Å². The highest BCUT2D eigenvalue weighted by molar-refractivity contribution is 5.91. The summed E-state index contributed by atoms with van der Waals surface area (Å²) in [6.45, 7) is 2.49. The summed E-state index contributed by atoms with van der Waals surface area (Å²) in [6, 6.07) is 0. The van der Waals surface area contributed by atoms with Gasteiger partial charge in [-0.1, -0.05) is 0 Å². The van der Waals surface area contributed by atoms with E-state index in [1.165, 1.54) is 12.4 Å². The number of unbranched alkanes of at least 4 members (excludes halogenated alkanes) is 1. The second kappa shape index (κ2) is 10.1. The van der Waals surface area contributed by atoms with E-state index in [1.807, 2.05) is 0 Å². The van der Waals surface area contributed by atoms with Crippen molar-refractivity contribution in [3.63, 3.8) is 0 Å². The van der Waals surface area contributed by atoms with Crippen molar-refractivity contribution in [2.75, 3.05) is 45.8 Å². The number of nitrogens with zero attached hydrogens (tertiary/aromatic N) is 2. The third-order valence-electron chi connectivity index (χ3n) is 2.57. The maximum atomic E-state index is 11.7. The van der Waals surface area contributed by atoms with Crippen molar-refractivity contribution < 1.29 is 14.3 Å². The summed E-state index contributed by atoms with van der Waals surface area (Å²) in [7, 11) is 3.39. The molecule has 0 saturated carbocycles. The van der Waals surface area contributed by atoms with Crippen molar-refractivity contribution in [2.45, 2.75) is 12.8 Å². The average molecular weight is 282 g/mol. The van der Waals surface area contributed by atoms with Crippen LogP contribution in [0.4, 0.5) is 5.82 Å². The van der Waals surface area contributed by atoms with E-state index in [1.54, 1.807) is 14.2 Å². The number of ether oxygens (including phenoxy) is 2. The van der Waals surface area contributed by atoms with Crippen LogP contribution in [0.2, 0.25) is 0 Å². The molecule has 0 unspecified atom stereocenters. The van der Waals surface area contributed by atoms with Gasteiger partial charge in [0.05, 0.1) is 25.6 Å². The van der Waals surface area contributed by atoms with Gasteiger partial charge in [-0.25, -0.2) is 9.97 Å². The minimum absolute atomic E-state index is 0.208. The van der Waals surface area contributed by atoms with Crippen LogP contribution >= 0.6 is 0 Å². The summed E-state index contributed by atoms with van der Waals surface area (Å²) in [5.74, 6) is 0.426. The van der Waals surface area contributed by atoms with E-state index in [2.05, 4.69) is 20.6 Å². The van der Waals surface area contributed by atoms with E-state index in [9.17, 15) is 4.79 Å². The number of hydrogen-bond donors (Lipinski definition) is 2. The molecule has 0 atom stereocenters. The van der Waals surface area contributed by atoms with E-state index in [4.69, 9.17) is 9.47 Å². The third kappa shape index (κ3) is 6.44. The summed E-state index contributed by atoms with van der Waals surface area (Å²) in [5, 5.41) is 5.64. The van der Waals surface area contributed by atoms with E-state index >= 15 is 0 Å². The number of rotatable bonds is 10. The number of anilines is 1. The summed E-state index contributed by atoms with van der Waals surface area (Å²) in [4.78, 5) is 19.8. The van der Waals surface area contributed by atoms with Crippen LogP contribution in [0.1, 0.15) is 23.3 Å². The normalized spacial score (nSPS) is 10.3. The SMILES string of the molecule is CNc1cnc(C(=O)NCCCCOCCOC)cn1. The van der Waals surface area contributed by atoms with Gasteiger partial charge in [0, 0.05) is 27.3 Å². The van der Waals surface area contributed by atoms with Crippen LogP contribution in [-0.4, -0.2) is 56.4 Å².